The summed E-state index contributed by atoms with van der Waals surface area (Å²) in [6, 6.07) is 5.34. The van der Waals surface area contributed by atoms with Gasteiger partial charge in [0.05, 0.1) is 0 Å². The van der Waals surface area contributed by atoms with Crippen LogP contribution in [0.3, 0.4) is 0 Å². The van der Waals surface area contributed by atoms with Gasteiger partial charge in [0.2, 0.25) is 0 Å². The van der Waals surface area contributed by atoms with E-state index < -0.39 is 0 Å². The van der Waals surface area contributed by atoms with Gasteiger partial charge in [0, 0.05) is 6.04 Å². The Bertz CT molecular complexity index is 312. The lowest BCUT2D eigenvalue weighted by molar-refractivity contribution is 0.491. The number of nitrogens with one attached hydrogen (secondary N) is 1. The van der Waals surface area contributed by atoms with Crippen molar-refractivity contribution in [2.75, 3.05) is 0 Å². The molecular formula is C12H19FN2. The normalized spacial score (nSPS) is 12.8. The number of hydrogen-bond donors (Lipinski definition) is 2. The maximum absolute atomic E-state index is 13.3. The van der Waals surface area contributed by atoms with Gasteiger partial charge in [-0.05, 0) is 30.5 Å². The maximum atomic E-state index is 13.3. The number of unbranched alkanes of at least 4 members (excludes halogenated alkanes) is 1. The third-order valence-electron chi connectivity index (χ3n) is 2.65. The fraction of sp³-hybridized carbons (Fsp3) is 0.500. The summed E-state index contributed by atoms with van der Waals surface area (Å²) in [5.41, 5.74) is 4.33. The van der Waals surface area contributed by atoms with Gasteiger partial charge in [-0.25, -0.2) is 4.39 Å². The predicted molar refractivity (Wildman–Crippen MR) is 60.7 cm³/mol. The molecule has 0 aromatic heterocycles. The molecule has 1 rings (SSSR count). The van der Waals surface area contributed by atoms with E-state index in [9.17, 15) is 4.39 Å². The molecule has 0 aliphatic carbocycles. The van der Waals surface area contributed by atoms with Crippen molar-refractivity contribution >= 4 is 0 Å². The molecule has 0 saturated heterocycles. The van der Waals surface area contributed by atoms with E-state index >= 15 is 0 Å². The summed E-state index contributed by atoms with van der Waals surface area (Å²) >= 11 is 0. The second kappa shape index (κ2) is 5.83. The molecule has 15 heavy (non-hydrogen) atoms. The molecule has 84 valence electrons. The first-order chi connectivity index (χ1) is 7.19. The molecule has 0 spiro atoms. The highest BCUT2D eigenvalue weighted by Crippen LogP contribution is 2.20. The minimum atomic E-state index is -0.163. The summed E-state index contributed by atoms with van der Waals surface area (Å²) in [6.07, 6.45) is 3.15. The van der Waals surface area contributed by atoms with Gasteiger partial charge in [0.15, 0.2) is 0 Å². The molecule has 1 unspecified atom stereocenters. The van der Waals surface area contributed by atoms with Crippen molar-refractivity contribution in [1.82, 2.24) is 5.43 Å². The third kappa shape index (κ3) is 3.29. The van der Waals surface area contributed by atoms with Crippen molar-refractivity contribution in [2.45, 2.75) is 39.2 Å². The molecule has 0 amide bonds. The third-order valence-corrected chi connectivity index (χ3v) is 2.65. The van der Waals surface area contributed by atoms with Crippen LogP contribution in [0.1, 0.15) is 43.4 Å². The quantitative estimate of drug-likeness (QED) is 0.579. The van der Waals surface area contributed by atoms with Crippen LogP contribution in [0.4, 0.5) is 4.39 Å². The van der Waals surface area contributed by atoms with Crippen molar-refractivity contribution in [3.05, 3.63) is 35.1 Å². The molecule has 2 nitrogen and oxygen atoms in total. The molecule has 1 aromatic carbocycles. The lowest BCUT2D eigenvalue weighted by atomic mass is 10.0. The van der Waals surface area contributed by atoms with E-state index in [1.165, 1.54) is 0 Å². The minimum Gasteiger partial charge on any atom is -0.271 e. The van der Waals surface area contributed by atoms with Gasteiger partial charge in [0.1, 0.15) is 5.82 Å². The Balaban J connectivity index is 2.78. The van der Waals surface area contributed by atoms with E-state index in [1.54, 1.807) is 19.1 Å². The van der Waals surface area contributed by atoms with Crippen LogP contribution >= 0.6 is 0 Å². The predicted octanol–water partition coefficient (Wildman–Crippen LogP) is 2.83. The first-order valence-electron chi connectivity index (χ1n) is 5.41. The smallest absolute Gasteiger partial charge is 0.126 e. The first kappa shape index (κ1) is 12.1. The van der Waals surface area contributed by atoms with E-state index in [4.69, 9.17) is 5.84 Å². The van der Waals surface area contributed by atoms with Crippen LogP contribution in [0, 0.1) is 12.7 Å². The maximum Gasteiger partial charge on any atom is 0.126 e. The monoisotopic (exact) mass is 210 g/mol. The van der Waals surface area contributed by atoms with Gasteiger partial charge in [0.25, 0.3) is 0 Å². The zero-order chi connectivity index (χ0) is 11.3. The SMILES string of the molecule is CCCCC(NN)c1ccc(C)c(F)c1. The van der Waals surface area contributed by atoms with Gasteiger partial charge in [-0.15, -0.1) is 0 Å². The van der Waals surface area contributed by atoms with Crippen LogP contribution in [0.2, 0.25) is 0 Å². The van der Waals surface area contributed by atoms with Crippen LogP contribution < -0.4 is 11.3 Å². The largest absolute Gasteiger partial charge is 0.271 e. The van der Waals surface area contributed by atoms with Gasteiger partial charge >= 0.3 is 0 Å². The highest BCUT2D eigenvalue weighted by atomic mass is 19.1. The number of benzene rings is 1. The average molecular weight is 210 g/mol. The van der Waals surface area contributed by atoms with Crippen LogP contribution in [-0.4, -0.2) is 0 Å². The Labute approximate surface area is 90.6 Å². The van der Waals surface area contributed by atoms with Crippen molar-refractivity contribution < 1.29 is 4.39 Å². The number of nitrogens with two attached hydrogens (primary N) is 1. The highest BCUT2D eigenvalue weighted by Gasteiger charge is 2.10. The summed E-state index contributed by atoms with van der Waals surface area (Å²) in [6.45, 7) is 3.89. The fourth-order valence-electron chi connectivity index (χ4n) is 1.58. The van der Waals surface area contributed by atoms with Gasteiger partial charge in [-0.3, -0.25) is 11.3 Å². The van der Waals surface area contributed by atoms with Crippen molar-refractivity contribution in [1.29, 1.82) is 0 Å². The van der Waals surface area contributed by atoms with Crippen molar-refractivity contribution in [3.8, 4) is 0 Å². The molecule has 0 saturated carbocycles. The molecule has 3 heteroatoms. The standard InChI is InChI=1S/C12H19FN2/c1-3-4-5-12(15-14)10-7-6-9(2)11(13)8-10/h6-8,12,15H,3-5,14H2,1-2H3. The zero-order valence-electron chi connectivity index (χ0n) is 9.39. The van der Waals surface area contributed by atoms with E-state index in [1.807, 2.05) is 6.07 Å². The van der Waals surface area contributed by atoms with Crippen LogP contribution in [0.15, 0.2) is 18.2 Å². The van der Waals surface area contributed by atoms with E-state index in [2.05, 4.69) is 12.3 Å². The van der Waals surface area contributed by atoms with E-state index in [-0.39, 0.29) is 11.9 Å². The topological polar surface area (TPSA) is 38.0 Å². The molecule has 0 bridgehead atoms. The first-order valence-corrected chi connectivity index (χ1v) is 5.41. The summed E-state index contributed by atoms with van der Waals surface area (Å²) in [7, 11) is 0. The highest BCUT2D eigenvalue weighted by molar-refractivity contribution is 5.25. The number of rotatable bonds is 5. The number of halogens is 1. The Hall–Kier alpha value is -0.930. The fourth-order valence-corrected chi connectivity index (χ4v) is 1.58. The lowest BCUT2D eigenvalue weighted by Gasteiger charge is -2.16. The minimum absolute atomic E-state index is 0.0556. The molecule has 1 aromatic rings. The number of hydrogen-bond acceptors (Lipinski definition) is 2. The Morgan fingerprint density at radius 1 is 1.47 bits per heavy atom. The molecule has 0 radical (unpaired) electrons. The molecule has 0 fully saturated rings. The van der Waals surface area contributed by atoms with E-state index in [0.29, 0.717) is 5.56 Å². The molecule has 3 N–H and O–H groups in total. The lowest BCUT2D eigenvalue weighted by Crippen LogP contribution is -2.28. The average Bonchev–Trinajstić information content (AvgIpc) is 2.24. The van der Waals surface area contributed by atoms with E-state index in [0.717, 1.165) is 24.8 Å². The van der Waals surface area contributed by atoms with Gasteiger partial charge in [-0.1, -0.05) is 31.9 Å². The van der Waals surface area contributed by atoms with Crippen LogP contribution in [0.5, 0.6) is 0 Å². The van der Waals surface area contributed by atoms with Crippen LogP contribution in [0.25, 0.3) is 0 Å². The van der Waals surface area contributed by atoms with Crippen molar-refractivity contribution in [3.63, 3.8) is 0 Å². The molecular weight excluding hydrogens is 191 g/mol. The van der Waals surface area contributed by atoms with Crippen molar-refractivity contribution in [2.24, 2.45) is 5.84 Å². The Morgan fingerprint density at radius 3 is 2.73 bits per heavy atom. The number of hydrazine groups is 1. The Kier molecular flexibility index (Phi) is 4.72. The molecule has 1 atom stereocenters. The summed E-state index contributed by atoms with van der Waals surface area (Å²) in [4.78, 5) is 0. The second-order valence-electron chi connectivity index (χ2n) is 3.87. The second-order valence-corrected chi connectivity index (χ2v) is 3.87. The number of aryl methyl sites for hydroxylation is 1. The zero-order valence-corrected chi connectivity index (χ0v) is 9.39. The van der Waals surface area contributed by atoms with Gasteiger partial charge < -0.3 is 0 Å². The van der Waals surface area contributed by atoms with Crippen LogP contribution in [-0.2, 0) is 0 Å². The summed E-state index contributed by atoms with van der Waals surface area (Å²) in [5, 5.41) is 0. The summed E-state index contributed by atoms with van der Waals surface area (Å²) in [5.74, 6) is 5.30. The Morgan fingerprint density at radius 2 is 2.20 bits per heavy atom. The molecule has 0 aliphatic heterocycles. The summed E-state index contributed by atoms with van der Waals surface area (Å²) < 4.78 is 13.3. The molecule has 0 heterocycles. The van der Waals surface area contributed by atoms with Gasteiger partial charge in [-0.2, -0.15) is 0 Å². The molecule has 0 aliphatic rings.